The van der Waals surface area contributed by atoms with Crippen LogP contribution in [-0.2, 0) is 0 Å². The van der Waals surface area contributed by atoms with Crippen molar-refractivity contribution in [3.05, 3.63) is 29.8 Å². The van der Waals surface area contributed by atoms with Gasteiger partial charge in [0.2, 0.25) is 0 Å². The lowest BCUT2D eigenvalue weighted by Gasteiger charge is -2.00. The standard InChI is InChI=1S/C8H8Cl2S/c1-6-2-4-7(5-3-6)11-8(9)10/h2-5,8H,1H3. The van der Waals surface area contributed by atoms with Crippen LogP contribution in [0.3, 0.4) is 0 Å². The molecule has 0 saturated heterocycles. The van der Waals surface area contributed by atoms with E-state index >= 15 is 0 Å². The van der Waals surface area contributed by atoms with Crippen LogP contribution >= 0.6 is 35.0 Å². The predicted molar refractivity (Wildman–Crippen MR) is 52.5 cm³/mol. The highest BCUT2D eigenvalue weighted by Crippen LogP contribution is 2.28. The number of alkyl halides is 2. The van der Waals surface area contributed by atoms with Gasteiger partial charge in [0.25, 0.3) is 0 Å². The van der Waals surface area contributed by atoms with Gasteiger partial charge in [-0.15, -0.1) is 0 Å². The molecule has 1 rings (SSSR count). The average Bonchev–Trinajstić information content (AvgIpc) is 1.93. The Kier molecular flexibility index (Phi) is 3.57. The summed E-state index contributed by atoms with van der Waals surface area (Å²) in [6.45, 7) is 2.05. The van der Waals surface area contributed by atoms with Crippen LogP contribution in [0.4, 0.5) is 0 Å². The van der Waals surface area contributed by atoms with Crippen molar-refractivity contribution in [1.82, 2.24) is 0 Å². The Hall–Kier alpha value is 0.150. The molecule has 0 heterocycles. The van der Waals surface area contributed by atoms with Crippen molar-refractivity contribution in [2.24, 2.45) is 0 Å². The molecule has 3 heteroatoms. The average molecular weight is 207 g/mol. The smallest absolute Gasteiger partial charge is 0.0928 e. The Bertz CT molecular complexity index is 218. The summed E-state index contributed by atoms with van der Waals surface area (Å²) in [5.74, 6) is 0. The molecule has 0 amide bonds. The van der Waals surface area contributed by atoms with Crippen LogP contribution in [0.1, 0.15) is 5.56 Å². The van der Waals surface area contributed by atoms with Gasteiger partial charge in [0, 0.05) is 4.90 Å². The van der Waals surface area contributed by atoms with E-state index in [-0.39, 0.29) is 4.17 Å². The lowest BCUT2D eigenvalue weighted by atomic mass is 10.2. The molecule has 1 aromatic rings. The van der Waals surface area contributed by atoms with Gasteiger partial charge in [0.15, 0.2) is 4.17 Å². The first-order chi connectivity index (χ1) is 5.18. The first-order valence-electron chi connectivity index (χ1n) is 3.20. The van der Waals surface area contributed by atoms with E-state index in [1.54, 1.807) is 0 Å². The van der Waals surface area contributed by atoms with Gasteiger partial charge in [-0.2, -0.15) is 0 Å². The summed E-state index contributed by atoms with van der Waals surface area (Å²) >= 11 is 12.6. The minimum absolute atomic E-state index is 0.377. The molecular formula is C8H8Cl2S. The van der Waals surface area contributed by atoms with Gasteiger partial charge in [0.05, 0.1) is 0 Å². The molecule has 0 aromatic heterocycles. The highest BCUT2D eigenvalue weighted by Gasteiger charge is 1.99. The van der Waals surface area contributed by atoms with Crippen LogP contribution in [0.5, 0.6) is 0 Å². The van der Waals surface area contributed by atoms with Crippen molar-refractivity contribution in [3.8, 4) is 0 Å². The van der Waals surface area contributed by atoms with Crippen LogP contribution < -0.4 is 0 Å². The van der Waals surface area contributed by atoms with Crippen molar-refractivity contribution in [1.29, 1.82) is 0 Å². The fourth-order valence-electron chi connectivity index (χ4n) is 0.720. The highest BCUT2D eigenvalue weighted by molar-refractivity contribution is 8.02. The van der Waals surface area contributed by atoms with Gasteiger partial charge in [0.1, 0.15) is 0 Å². The van der Waals surface area contributed by atoms with Crippen LogP contribution in [-0.4, -0.2) is 4.17 Å². The van der Waals surface area contributed by atoms with Gasteiger partial charge in [-0.25, -0.2) is 0 Å². The topological polar surface area (TPSA) is 0 Å². The molecule has 0 atom stereocenters. The minimum Gasteiger partial charge on any atom is -0.0928 e. The number of halogens is 2. The minimum atomic E-state index is -0.377. The molecule has 0 aliphatic carbocycles. The van der Waals surface area contributed by atoms with Gasteiger partial charge in [-0.05, 0) is 19.1 Å². The maximum atomic E-state index is 5.58. The molecule has 0 N–H and O–H groups in total. The third kappa shape index (κ3) is 3.37. The van der Waals surface area contributed by atoms with E-state index in [2.05, 4.69) is 0 Å². The van der Waals surface area contributed by atoms with Crippen molar-refractivity contribution in [2.75, 3.05) is 0 Å². The third-order valence-electron chi connectivity index (χ3n) is 1.25. The molecule has 0 radical (unpaired) electrons. The predicted octanol–water partition coefficient (Wildman–Crippen LogP) is 3.85. The summed E-state index contributed by atoms with van der Waals surface area (Å²) < 4.78 is -0.377. The van der Waals surface area contributed by atoms with E-state index < -0.39 is 0 Å². The molecule has 0 fully saturated rings. The molecule has 0 nitrogen and oxygen atoms in total. The second-order valence-electron chi connectivity index (χ2n) is 2.19. The SMILES string of the molecule is Cc1ccc(SC(Cl)Cl)cc1. The van der Waals surface area contributed by atoms with Gasteiger partial charge >= 0.3 is 0 Å². The van der Waals surface area contributed by atoms with E-state index in [0.29, 0.717) is 0 Å². The van der Waals surface area contributed by atoms with Crippen molar-refractivity contribution >= 4 is 35.0 Å². The van der Waals surface area contributed by atoms with Gasteiger partial charge in [-0.1, -0.05) is 52.7 Å². The van der Waals surface area contributed by atoms with Crippen LogP contribution in [0, 0.1) is 6.92 Å². The van der Waals surface area contributed by atoms with E-state index in [1.807, 2.05) is 31.2 Å². The van der Waals surface area contributed by atoms with Crippen LogP contribution in [0.25, 0.3) is 0 Å². The zero-order chi connectivity index (χ0) is 8.27. The number of rotatable bonds is 2. The number of aryl methyl sites for hydroxylation is 1. The number of hydrogen-bond donors (Lipinski definition) is 0. The number of benzene rings is 1. The number of hydrogen-bond acceptors (Lipinski definition) is 1. The van der Waals surface area contributed by atoms with Crippen molar-refractivity contribution in [2.45, 2.75) is 16.0 Å². The molecule has 60 valence electrons. The Morgan fingerprint density at radius 1 is 1.18 bits per heavy atom. The normalized spacial score (nSPS) is 10.5. The van der Waals surface area contributed by atoms with E-state index in [9.17, 15) is 0 Å². The Labute approximate surface area is 80.9 Å². The van der Waals surface area contributed by atoms with Crippen molar-refractivity contribution < 1.29 is 0 Å². The first-order valence-corrected chi connectivity index (χ1v) is 4.95. The lowest BCUT2D eigenvalue weighted by Crippen LogP contribution is -1.78. The Morgan fingerprint density at radius 3 is 2.18 bits per heavy atom. The van der Waals surface area contributed by atoms with Gasteiger partial charge in [-0.3, -0.25) is 0 Å². The quantitative estimate of drug-likeness (QED) is 0.524. The number of thioether (sulfide) groups is 1. The van der Waals surface area contributed by atoms with Crippen molar-refractivity contribution in [3.63, 3.8) is 0 Å². The maximum Gasteiger partial charge on any atom is 0.157 e. The second kappa shape index (κ2) is 4.24. The Morgan fingerprint density at radius 2 is 1.73 bits per heavy atom. The zero-order valence-corrected chi connectivity index (χ0v) is 8.38. The molecule has 0 spiro atoms. The summed E-state index contributed by atoms with van der Waals surface area (Å²) in [5, 5.41) is 0. The molecule has 0 aliphatic rings. The lowest BCUT2D eigenvalue weighted by molar-refractivity contribution is 1.38. The fourth-order valence-corrected chi connectivity index (χ4v) is 1.84. The monoisotopic (exact) mass is 206 g/mol. The Balaban J connectivity index is 2.66. The summed E-state index contributed by atoms with van der Waals surface area (Å²) in [6.07, 6.45) is 0. The summed E-state index contributed by atoms with van der Waals surface area (Å²) in [6, 6.07) is 8.10. The summed E-state index contributed by atoms with van der Waals surface area (Å²) in [7, 11) is 0. The zero-order valence-electron chi connectivity index (χ0n) is 6.05. The molecule has 11 heavy (non-hydrogen) atoms. The fraction of sp³-hybridized carbons (Fsp3) is 0.250. The molecule has 0 saturated carbocycles. The van der Waals surface area contributed by atoms with E-state index in [4.69, 9.17) is 23.2 Å². The summed E-state index contributed by atoms with van der Waals surface area (Å²) in [4.78, 5) is 1.10. The molecule has 0 aliphatic heterocycles. The van der Waals surface area contributed by atoms with Crippen LogP contribution in [0.2, 0.25) is 0 Å². The second-order valence-corrected chi connectivity index (χ2v) is 4.98. The van der Waals surface area contributed by atoms with E-state index in [0.717, 1.165) is 4.90 Å². The third-order valence-corrected chi connectivity index (χ3v) is 2.50. The largest absolute Gasteiger partial charge is 0.157 e. The molecular weight excluding hydrogens is 199 g/mol. The van der Waals surface area contributed by atoms with E-state index in [1.165, 1.54) is 17.3 Å². The highest BCUT2D eigenvalue weighted by atomic mass is 35.5. The first kappa shape index (κ1) is 9.24. The molecule has 0 bridgehead atoms. The molecule has 1 aromatic carbocycles. The molecule has 0 unspecified atom stereocenters. The van der Waals surface area contributed by atoms with Gasteiger partial charge < -0.3 is 0 Å². The maximum absolute atomic E-state index is 5.58. The summed E-state index contributed by atoms with van der Waals surface area (Å²) in [5.41, 5.74) is 1.25. The van der Waals surface area contributed by atoms with Crippen LogP contribution in [0.15, 0.2) is 29.2 Å².